The number of imidazole rings is 1. The monoisotopic (exact) mass is 582 g/mol. The molecule has 4 heterocycles. The minimum absolute atomic E-state index is 0.179. The highest BCUT2D eigenvalue weighted by molar-refractivity contribution is 6.76. The summed E-state index contributed by atoms with van der Waals surface area (Å²) in [6.07, 6.45) is 5.08. The Kier molecular flexibility index (Phi) is 10.4. The maximum atomic E-state index is 13.7. The fourth-order valence-electron chi connectivity index (χ4n) is 4.89. The van der Waals surface area contributed by atoms with E-state index < -0.39 is 8.07 Å². The molecule has 4 rings (SSSR count). The fourth-order valence-corrected chi connectivity index (χ4v) is 5.65. The van der Waals surface area contributed by atoms with E-state index >= 15 is 0 Å². The van der Waals surface area contributed by atoms with Gasteiger partial charge < -0.3 is 9.64 Å². The van der Waals surface area contributed by atoms with Gasteiger partial charge in [-0.3, -0.25) is 28.1 Å². The van der Waals surface area contributed by atoms with Gasteiger partial charge in [0.2, 0.25) is 0 Å². The van der Waals surface area contributed by atoms with Gasteiger partial charge >= 0.3 is 5.69 Å². The van der Waals surface area contributed by atoms with Gasteiger partial charge in [0, 0.05) is 60.1 Å². The average molecular weight is 583 g/mol. The second-order valence-electron chi connectivity index (χ2n) is 12.1. The molecule has 41 heavy (non-hydrogen) atoms. The van der Waals surface area contributed by atoms with Crippen LogP contribution in [0.25, 0.3) is 22.6 Å². The van der Waals surface area contributed by atoms with Gasteiger partial charge in [-0.25, -0.2) is 9.78 Å². The molecule has 0 aliphatic carbocycles. The van der Waals surface area contributed by atoms with E-state index in [4.69, 9.17) is 9.72 Å². The first-order chi connectivity index (χ1) is 19.6. The first-order valence-electron chi connectivity index (χ1n) is 14.8. The Bertz CT molecular complexity index is 1490. The topological polar surface area (TPSA) is 95.3 Å². The lowest BCUT2D eigenvalue weighted by molar-refractivity contribution is 0.0907. The second-order valence-corrected chi connectivity index (χ2v) is 17.8. The molecule has 0 N–H and O–H groups in total. The third-order valence-electron chi connectivity index (χ3n) is 7.38. The summed E-state index contributed by atoms with van der Waals surface area (Å²) >= 11 is 0. The predicted molar refractivity (Wildman–Crippen MR) is 166 cm³/mol. The Morgan fingerprint density at radius 3 is 2.32 bits per heavy atom. The highest BCUT2D eigenvalue weighted by Crippen LogP contribution is 2.23. The van der Waals surface area contributed by atoms with Gasteiger partial charge in [0.15, 0.2) is 11.2 Å². The van der Waals surface area contributed by atoms with Crippen molar-refractivity contribution in [2.75, 3.05) is 46.4 Å². The van der Waals surface area contributed by atoms with Crippen LogP contribution < -0.4 is 11.2 Å². The van der Waals surface area contributed by atoms with Gasteiger partial charge in [0.25, 0.3) is 5.56 Å². The summed E-state index contributed by atoms with van der Waals surface area (Å²) in [5, 5.41) is 4.53. The number of aromatic nitrogens is 6. The molecule has 1 saturated heterocycles. The Hall–Kier alpha value is -2.98. The molecule has 11 nitrogen and oxygen atoms in total. The minimum atomic E-state index is -1.29. The lowest BCUT2D eigenvalue weighted by atomic mass is 10.3. The third kappa shape index (κ3) is 7.65. The van der Waals surface area contributed by atoms with Crippen LogP contribution in [0, 0.1) is 11.8 Å². The van der Waals surface area contributed by atoms with Gasteiger partial charge in [0.1, 0.15) is 19.1 Å². The Morgan fingerprint density at radius 2 is 1.63 bits per heavy atom. The zero-order valence-corrected chi connectivity index (χ0v) is 26.6. The largest absolute Gasteiger partial charge is 0.361 e. The number of hydrogen-bond acceptors (Lipinski definition) is 7. The maximum absolute atomic E-state index is 13.7. The maximum Gasteiger partial charge on any atom is 0.332 e. The zero-order valence-electron chi connectivity index (χ0n) is 25.6. The molecule has 0 saturated carbocycles. The van der Waals surface area contributed by atoms with Crippen molar-refractivity contribution in [3.63, 3.8) is 0 Å². The normalized spacial score (nSPS) is 15.0. The summed E-state index contributed by atoms with van der Waals surface area (Å²) in [6, 6.07) is 1.01. The molecule has 3 aromatic heterocycles. The molecule has 224 valence electrons. The van der Waals surface area contributed by atoms with E-state index in [9.17, 15) is 9.59 Å². The van der Waals surface area contributed by atoms with Crippen LogP contribution in [0.4, 0.5) is 0 Å². The highest BCUT2D eigenvalue weighted by atomic mass is 28.3. The van der Waals surface area contributed by atoms with Crippen LogP contribution in [0.3, 0.4) is 0 Å². The number of piperazine rings is 1. The van der Waals surface area contributed by atoms with Crippen LogP contribution >= 0.6 is 0 Å². The average Bonchev–Trinajstić information content (AvgIpc) is 3.55. The Morgan fingerprint density at radius 1 is 0.951 bits per heavy atom. The van der Waals surface area contributed by atoms with Crippen molar-refractivity contribution in [3.8, 4) is 23.2 Å². The van der Waals surface area contributed by atoms with Crippen LogP contribution in [-0.4, -0.2) is 92.7 Å². The van der Waals surface area contributed by atoms with Crippen molar-refractivity contribution in [1.29, 1.82) is 0 Å². The fraction of sp³-hybridized carbons (Fsp3) is 0.655. The quantitative estimate of drug-likeness (QED) is 0.184. The molecule has 0 spiro atoms. The number of nitrogens with zero attached hydrogens (tertiary/aromatic N) is 8. The summed E-state index contributed by atoms with van der Waals surface area (Å²) in [5.74, 6) is 7.08. The zero-order chi connectivity index (χ0) is 29.6. The van der Waals surface area contributed by atoms with Crippen molar-refractivity contribution < 1.29 is 4.74 Å². The molecule has 0 amide bonds. The SMILES string of the molecule is CCCn1c(=O)c2c(nc(-c3cnn(CC#CCN4CCN(C)CC4)c3)n2COCC[Si](C)(C)C)n(CCC)c1=O. The van der Waals surface area contributed by atoms with E-state index in [-0.39, 0.29) is 18.0 Å². The number of ether oxygens (including phenoxy) is 1. The second kappa shape index (κ2) is 13.8. The molecule has 0 unspecified atom stereocenters. The number of hydrogen-bond donors (Lipinski definition) is 0. The van der Waals surface area contributed by atoms with E-state index in [0.717, 1.165) is 50.8 Å². The molecule has 1 aliphatic rings. The molecular weight excluding hydrogens is 536 g/mol. The highest BCUT2D eigenvalue weighted by Gasteiger charge is 2.23. The first-order valence-corrected chi connectivity index (χ1v) is 18.5. The Labute approximate surface area is 243 Å². The van der Waals surface area contributed by atoms with Gasteiger partial charge in [-0.2, -0.15) is 5.10 Å². The summed E-state index contributed by atoms with van der Waals surface area (Å²) in [4.78, 5) is 36.6. The minimum Gasteiger partial charge on any atom is -0.361 e. The standard InChI is InChI=1S/C29H46N8O3Si/c1-7-11-35-27-25(28(38)36(12-8-2)29(35)39)37(23-40-19-20-41(4,5)6)26(31-27)24-21-30-34(22-24)14-10-9-13-33-17-15-32(3)16-18-33/h21-22H,7-8,11-20,23H2,1-6H3. The van der Waals surface area contributed by atoms with Crippen LogP contribution in [0.2, 0.25) is 25.7 Å². The van der Waals surface area contributed by atoms with Crippen LogP contribution in [-0.2, 0) is 31.1 Å². The smallest absolute Gasteiger partial charge is 0.332 e. The summed E-state index contributed by atoms with van der Waals surface area (Å²) < 4.78 is 12.7. The number of likely N-dealkylation sites (N-methyl/N-ethyl adjacent to an activating group) is 1. The molecule has 0 bridgehead atoms. The Balaban J connectivity index is 1.66. The molecule has 0 aromatic carbocycles. The summed E-state index contributed by atoms with van der Waals surface area (Å²) in [5.41, 5.74) is 0.919. The van der Waals surface area contributed by atoms with E-state index in [0.29, 0.717) is 49.7 Å². The molecular formula is C29H46N8O3Si. The van der Waals surface area contributed by atoms with Crippen molar-refractivity contribution in [3.05, 3.63) is 33.2 Å². The number of rotatable bonds is 12. The molecule has 12 heteroatoms. The van der Waals surface area contributed by atoms with Crippen molar-refractivity contribution in [1.82, 2.24) is 38.3 Å². The van der Waals surface area contributed by atoms with E-state index in [1.54, 1.807) is 15.4 Å². The van der Waals surface area contributed by atoms with E-state index in [2.05, 4.69) is 53.4 Å². The third-order valence-corrected chi connectivity index (χ3v) is 9.09. The number of fused-ring (bicyclic) bond motifs is 1. The lowest BCUT2D eigenvalue weighted by Gasteiger charge is -2.30. The predicted octanol–water partition coefficient (Wildman–Crippen LogP) is 2.61. The van der Waals surface area contributed by atoms with Crippen LogP contribution in [0.15, 0.2) is 22.0 Å². The number of aryl methyl sites for hydroxylation is 1. The summed E-state index contributed by atoms with van der Waals surface area (Å²) in [7, 11) is 0.861. The van der Waals surface area contributed by atoms with Crippen molar-refractivity contribution in [2.45, 2.75) is 78.7 Å². The molecule has 3 aromatic rings. The van der Waals surface area contributed by atoms with Crippen molar-refractivity contribution in [2.24, 2.45) is 0 Å². The van der Waals surface area contributed by atoms with Gasteiger partial charge in [-0.15, -0.1) is 0 Å². The van der Waals surface area contributed by atoms with Crippen molar-refractivity contribution >= 4 is 19.2 Å². The van der Waals surface area contributed by atoms with E-state index in [1.165, 1.54) is 4.57 Å². The molecule has 0 atom stereocenters. The first kappa shape index (κ1) is 31.0. The molecule has 0 radical (unpaired) electrons. The molecule has 1 aliphatic heterocycles. The van der Waals surface area contributed by atoms with Gasteiger partial charge in [-0.1, -0.05) is 45.3 Å². The van der Waals surface area contributed by atoms with Gasteiger partial charge in [-0.05, 0) is 25.9 Å². The van der Waals surface area contributed by atoms with Crippen LogP contribution in [0.1, 0.15) is 26.7 Å². The van der Waals surface area contributed by atoms with Crippen LogP contribution in [0.5, 0.6) is 0 Å². The van der Waals surface area contributed by atoms with E-state index in [1.807, 2.05) is 24.6 Å². The lowest BCUT2D eigenvalue weighted by Crippen LogP contribution is -2.44. The molecule has 1 fully saturated rings. The van der Waals surface area contributed by atoms with Gasteiger partial charge in [0.05, 0.1) is 18.3 Å². The summed E-state index contributed by atoms with van der Waals surface area (Å²) in [6.45, 7) is 18.0.